The highest BCUT2D eigenvalue weighted by atomic mass is 32.1. The van der Waals surface area contributed by atoms with E-state index >= 15 is 0 Å². The summed E-state index contributed by atoms with van der Waals surface area (Å²) in [4.78, 5) is 50.4. The summed E-state index contributed by atoms with van der Waals surface area (Å²) in [6, 6.07) is 36.4. The van der Waals surface area contributed by atoms with E-state index in [0.29, 0.717) is 32.3 Å². The summed E-state index contributed by atoms with van der Waals surface area (Å²) >= 11 is 2.09. The third kappa shape index (κ3) is 11.1. The highest BCUT2D eigenvalue weighted by Crippen LogP contribution is 2.38. The van der Waals surface area contributed by atoms with Crippen molar-refractivity contribution in [1.29, 1.82) is 0 Å². The van der Waals surface area contributed by atoms with E-state index in [4.69, 9.17) is 9.16 Å². The Morgan fingerprint density at radius 2 is 1.14 bits per heavy atom. The highest BCUT2D eigenvalue weighted by Gasteiger charge is 2.39. The minimum absolute atomic E-state index is 0.101. The number of benzene rings is 4. The molecule has 0 saturated carbocycles. The fraction of sp³-hybridized carbons (Fsp3) is 0.200. The molecule has 2 amide bonds. The average molecular weight is 835 g/mol. The molecule has 13 heteroatoms. The highest BCUT2D eigenvalue weighted by molar-refractivity contribution is 7.16. The second-order valence-electron chi connectivity index (χ2n) is 14.8. The Kier molecular flexibility index (Phi) is 14.1. The summed E-state index contributed by atoms with van der Waals surface area (Å²) < 4.78 is 11.3. The van der Waals surface area contributed by atoms with E-state index in [1.807, 2.05) is 84.9 Å². The van der Waals surface area contributed by atoms with Gasteiger partial charge in [0.1, 0.15) is 21.3 Å². The number of aromatic carboxylic acids is 1. The molecule has 0 saturated heterocycles. The van der Waals surface area contributed by atoms with Gasteiger partial charge in [-0.05, 0) is 76.8 Å². The molecule has 0 spiro atoms. The van der Waals surface area contributed by atoms with Crippen molar-refractivity contribution in [3.63, 3.8) is 0 Å². The largest absolute Gasteiger partial charge is 0.543 e. The van der Waals surface area contributed by atoms with Crippen LogP contribution in [0.15, 0.2) is 121 Å². The van der Waals surface area contributed by atoms with E-state index in [9.17, 15) is 29.4 Å². The molecule has 58 heavy (non-hydrogen) atoms. The topological polar surface area (TPSA) is 151 Å². The van der Waals surface area contributed by atoms with Crippen molar-refractivity contribution in [2.45, 2.75) is 52.0 Å². The van der Waals surface area contributed by atoms with Crippen LogP contribution in [0.25, 0.3) is 22.3 Å². The summed E-state index contributed by atoms with van der Waals surface area (Å²) in [7, 11) is -0.603. The van der Waals surface area contributed by atoms with Crippen molar-refractivity contribution >= 4 is 54.7 Å². The van der Waals surface area contributed by atoms with Crippen molar-refractivity contribution in [2.24, 2.45) is 0 Å². The monoisotopic (exact) mass is 834 g/mol. The second kappa shape index (κ2) is 18.9. The van der Waals surface area contributed by atoms with Gasteiger partial charge in [0.2, 0.25) is 8.32 Å². The number of carboxylic acid groups (broad SMARTS) is 1. The molecule has 6 aromatic rings. The van der Waals surface area contributed by atoms with Gasteiger partial charge >= 0.3 is 11.9 Å². The Labute approximate surface area is 347 Å². The Morgan fingerprint density at radius 1 is 0.655 bits per heavy atom. The lowest BCUT2D eigenvalue weighted by atomic mass is 10.1. The molecule has 0 aliphatic rings. The number of nitrogens with one attached hydrogen (secondary N) is 2. The fourth-order valence-electron chi connectivity index (χ4n) is 5.45. The van der Waals surface area contributed by atoms with Crippen molar-refractivity contribution < 1.29 is 38.6 Å². The number of carbonyl (C=O) groups is 4. The number of hydrogen-bond donors (Lipinski definition) is 4. The van der Waals surface area contributed by atoms with Gasteiger partial charge in [-0.3, -0.25) is 9.59 Å². The Morgan fingerprint density at radius 3 is 1.62 bits per heavy atom. The summed E-state index contributed by atoms with van der Waals surface area (Å²) in [6.07, 6.45) is 0. The van der Waals surface area contributed by atoms with Gasteiger partial charge in [-0.1, -0.05) is 106 Å². The van der Waals surface area contributed by atoms with Crippen molar-refractivity contribution in [1.82, 2.24) is 10.6 Å². The van der Waals surface area contributed by atoms with Crippen LogP contribution in [-0.4, -0.2) is 49.4 Å². The van der Waals surface area contributed by atoms with E-state index in [1.54, 1.807) is 36.4 Å². The van der Waals surface area contributed by atoms with Crippen LogP contribution in [0.3, 0.4) is 0 Å². The van der Waals surface area contributed by atoms with E-state index in [1.165, 1.54) is 7.11 Å². The number of phenols is 1. The van der Waals surface area contributed by atoms with Gasteiger partial charge in [-0.25, -0.2) is 9.59 Å². The lowest BCUT2D eigenvalue weighted by molar-refractivity contribution is 0.0605. The molecule has 4 N–H and O–H groups in total. The van der Waals surface area contributed by atoms with Crippen LogP contribution in [0.5, 0.6) is 11.5 Å². The Hall–Kier alpha value is -6.02. The molecule has 300 valence electrons. The molecule has 0 aliphatic heterocycles. The number of carbonyl (C=O) groups excluding carboxylic acids is 3. The zero-order valence-corrected chi connectivity index (χ0v) is 35.8. The summed E-state index contributed by atoms with van der Waals surface area (Å²) in [6.45, 7) is 11.6. The number of aromatic hydroxyl groups is 1. The number of amides is 2. The van der Waals surface area contributed by atoms with Crippen LogP contribution >= 0.6 is 22.7 Å². The molecular formula is C45H46N2O8S2Si. The van der Waals surface area contributed by atoms with Crippen LogP contribution in [0.4, 0.5) is 0 Å². The molecule has 0 unspecified atom stereocenters. The zero-order valence-electron chi connectivity index (χ0n) is 33.1. The Balaban J connectivity index is 0.000000229. The van der Waals surface area contributed by atoms with Gasteiger partial charge in [-0.15, -0.1) is 22.7 Å². The molecule has 4 aromatic carbocycles. The van der Waals surface area contributed by atoms with E-state index in [-0.39, 0.29) is 34.0 Å². The smallest absolute Gasteiger partial charge is 0.348 e. The van der Waals surface area contributed by atoms with Crippen LogP contribution in [-0.2, 0) is 17.8 Å². The van der Waals surface area contributed by atoms with Gasteiger partial charge < -0.3 is 30.0 Å². The number of thiophene rings is 2. The molecular weight excluding hydrogens is 789 g/mol. The molecule has 0 fully saturated rings. The molecule has 10 nitrogen and oxygen atoms in total. The zero-order chi connectivity index (χ0) is 42.0. The SMILES string of the molecule is COC(=O)c1sc(C(=O)NCc2cccc(O[Si](C)(C)C(C)(C)C)c2)cc1-c1ccccc1.O=C(NCc1cccc(O)c1)c1cc(-c2ccccc2)c(C(=O)O)s1. The van der Waals surface area contributed by atoms with E-state index < -0.39 is 20.3 Å². The normalized spacial score (nSPS) is 11.1. The molecule has 0 bridgehead atoms. The maximum absolute atomic E-state index is 12.9. The number of hydrogen-bond acceptors (Lipinski definition) is 9. The predicted molar refractivity (Wildman–Crippen MR) is 233 cm³/mol. The standard InChI is InChI=1S/C26H31NO4SSi.C19H15NO4S/c1-26(2,3)33(5,6)31-20-14-10-11-18(15-20)17-27-24(28)22-16-21(19-12-8-7-9-13-19)23(32-22)25(29)30-4;21-14-8-4-5-12(9-14)11-20-18(22)16-10-15(17(25-16)19(23)24)13-6-2-1-3-7-13/h7-16H,17H2,1-6H3,(H,27,28);1-10,21H,11H2,(H,20,22)(H,23,24). The molecule has 2 aromatic heterocycles. The van der Waals surface area contributed by atoms with Crippen LogP contribution in [0.1, 0.15) is 70.6 Å². The van der Waals surface area contributed by atoms with Crippen LogP contribution < -0.4 is 15.1 Å². The predicted octanol–water partition coefficient (Wildman–Crippen LogP) is 10.3. The minimum Gasteiger partial charge on any atom is -0.543 e. The Bertz CT molecular complexity index is 2380. The van der Waals surface area contributed by atoms with Crippen molar-refractivity contribution in [3.05, 3.63) is 152 Å². The first-order valence-corrected chi connectivity index (χ1v) is 22.9. The first-order chi connectivity index (χ1) is 27.6. The first kappa shape index (κ1) is 43.1. The quantitative estimate of drug-likeness (QED) is 0.0703. The van der Waals surface area contributed by atoms with E-state index in [0.717, 1.165) is 50.7 Å². The van der Waals surface area contributed by atoms with Crippen LogP contribution in [0, 0.1) is 0 Å². The van der Waals surface area contributed by atoms with Crippen LogP contribution in [0.2, 0.25) is 18.1 Å². The first-order valence-electron chi connectivity index (χ1n) is 18.4. The number of ether oxygens (including phenoxy) is 1. The van der Waals surface area contributed by atoms with Crippen molar-refractivity contribution in [2.75, 3.05) is 7.11 Å². The van der Waals surface area contributed by atoms with Gasteiger partial charge in [0.25, 0.3) is 11.8 Å². The number of carboxylic acids is 1. The summed E-state index contributed by atoms with van der Waals surface area (Å²) in [5.41, 5.74) is 4.55. The molecule has 0 aliphatic carbocycles. The van der Waals surface area contributed by atoms with Gasteiger partial charge in [-0.2, -0.15) is 0 Å². The average Bonchev–Trinajstić information content (AvgIpc) is 3.86. The summed E-state index contributed by atoms with van der Waals surface area (Å²) in [5.74, 6) is -1.14. The molecule has 6 rings (SSSR count). The maximum Gasteiger partial charge on any atom is 0.348 e. The van der Waals surface area contributed by atoms with Gasteiger partial charge in [0.15, 0.2) is 0 Å². The maximum atomic E-state index is 12.9. The second-order valence-corrected chi connectivity index (χ2v) is 21.6. The lowest BCUT2D eigenvalue weighted by Gasteiger charge is -2.36. The third-order valence-corrected chi connectivity index (χ3v) is 16.1. The van der Waals surface area contributed by atoms with Crippen molar-refractivity contribution in [3.8, 4) is 33.8 Å². The number of esters is 1. The van der Waals surface area contributed by atoms with E-state index in [2.05, 4.69) is 44.5 Å². The number of rotatable bonds is 12. The van der Waals surface area contributed by atoms with Gasteiger partial charge in [0, 0.05) is 24.2 Å². The van der Waals surface area contributed by atoms with Gasteiger partial charge in [0.05, 0.1) is 16.9 Å². The lowest BCUT2D eigenvalue weighted by Crippen LogP contribution is -2.43. The summed E-state index contributed by atoms with van der Waals surface area (Å²) in [5, 5.41) is 24.7. The number of phenolic OH excluding ortho intramolecular Hbond substituents is 1. The third-order valence-electron chi connectivity index (χ3n) is 9.54. The minimum atomic E-state index is -1.95. The molecule has 0 radical (unpaired) electrons. The molecule has 0 atom stereocenters. The molecule has 2 heterocycles. The number of methoxy groups -OCH3 is 1. The fourth-order valence-corrected chi connectivity index (χ4v) is 8.42.